The van der Waals surface area contributed by atoms with Crippen LogP contribution in [0.4, 0.5) is 0 Å². The zero-order valence-corrected chi connectivity index (χ0v) is 9.68. The molecule has 0 saturated heterocycles. The van der Waals surface area contributed by atoms with Gasteiger partial charge in [-0.15, -0.1) is 21.8 Å². The van der Waals surface area contributed by atoms with Crippen LogP contribution in [0, 0.1) is 0 Å². The van der Waals surface area contributed by atoms with Crippen LogP contribution in [0.3, 0.4) is 0 Å². The van der Waals surface area contributed by atoms with Crippen molar-refractivity contribution in [3.8, 4) is 5.75 Å². The topological polar surface area (TPSA) is 39.9 Å². The number of aromatic nitrogens is 3. The minimum Gasteiger partial charge on any atom is -0.497 e. The van der Waals surface area contributed by atoms with Crippen molar-refractivity contribution in [1.82, 2.24) is 14.8 Å². The maximum Gasteiger partial charge on any atom is 0.148 e. The zero-order chi connectivity index (χ0) is 11.4. The van der Waals surface area contributed by atoms with Crippen molar-refractivity contribution in [2.45, 2.75) is 12.4 Å². The van der Waals surface area contributed by atoms with Gasteiger partial charge in [0.25, 0.3) is 0 Å². The monoisotopic (exact) mass is 237 g/mol. The van der Waals surface area contributed by atoms with E-state index in [2.05, 4.69) is 10.2 Å². The van der Waals surface area contributed by atoms with Crippen LogP contribution in [0.15, 0.2) is 30.6 Å². The Morgan fingerprint density at radius 2 is 2.31 bits per heavy atom. The number of alkyl halides is 1. The largest absolute Gasteiger partial charge is 0.497 e. The van der Waals surface area contributed by atoms with Crippen molar-refractivity contribution >= 4 is 11.6 Å². The fourth-order valence-corrected chi connectivity index (χ4v) is 1.69. The van der Waals surface area contributed by atoms with E-state index in [-0.39, 0.29) is 0 Å². The van der Waals surface area contributed by atoms with E-state index in [1.54, 1.807) is 13.4 Å². The standard InChI is InChI=1S/C11H12ClN3O/c1-16-10-4-2-3-9(5-10)7-15-8-13-14-11(15)6-12/h2-5,8H,6-7H2,1H3. The predicted molar refractivity (Wildman–Crippen MR) is 61.7 cm³/mol. The lowest BCUT2D eigenvalue weighted by Gasteiger charge is -2.06. The number of nitrogens with zero attached hydrogens (tertiary/aromatic N) is 3. The number of methoxy groups -OCH3 is 1. The highest BCUT2D eigenvalue weighted by atomic mass is 35.5. The van der Waals surface area contributed by atoms with Crippen LogP contribution in [0.25, 0.3) is 0 Å². The average Bonchev–Trinajstić information content (AvgIpc) is 2.76. The van der Waals surface area contributed by atoms with Gasteiger partial charge in [0.2, 0.25) is 0 Å². The van der Waals surface area contributed by atoms with Gasteiger partial charge in [-0.25, -0.2) is 0 Å². The van der Waals surface area contributed by atoms with Gasteiger partial charge < -0.3 is 9.30 Å². The molecule has 0 aliphatic rings. The summed E-state index contributed by atoms with van der Waals surface area (Å²) in [6.07, 6.45) is 1.68. The summed E-state index contributed by atoms with van der Waals surface area (Å²) in [6, 6.07) is 7.88. The molecule has 5 heteroatoms. The minimum absolute atomic E-state index is 0.365. The second kappa shape index (κ2) is 4.99. The Morgan fingerprint density at radius 3 is 3.06 bits per heavy atom. The van der Waals surface area contributed by atoms with E-state index in [9.17, 15) is 0 Å². The highest BCUT2D eigenvalue weighted by Gasteiger charge is 2.03. The van der Waals surface area contributed by atoms with Gasteiger partial charge in [0.05, 0.1) is 19.5 Å². The quantitative estimate of drug-likeness (QED) is 0.765. The number of rotatable bonds is 4. The van der Waals surface area contributed by atoms with E-state index in [0.29, 0.717) is 12.4 Å². The molecule has 0 spiro atoms. The fraction of sp³-hybridized carbons (Fsp3) is 0.273. The third-order valence-electron chi connectivity index (χ3n) is 2.30. The second-order valence-electron chi connectivity index (χ2n) is 3.36. The molecule has 2 aromatic rings. The number of hydrogen-bond acceptors (Lipinski definition) is 3. The van der Waals surface area contributed by atoms with E-state index >= 15 is 0 Å². The third-order valence-corrected chi connectivity index (χ3v) is 2.54. The Hall–Kier alpha value is -1.55. The molecule has 1 heterocycles. The number of hydrogen-bond donors (Lipinski definition) is 0. The predicted octanol–water partition coefficient (Wildman–Crippen LogP) is 2.07. The first-order chi connectivity index (χ1) is 7.83. The molecule has 1 aromatic heterocycles. The maximum absolute atomic E-state index is 5.75. The molecule has 0 atom stereocenters. The molecule has 0 N–H and O–H groups in total. The molecular formula is C11H12ClN3O. The highest BCUT2D eigenvalue weighted by Crippen LogP contribution is 2.14. The summed E-state index contributed by atoms with van der Waals surface area (Å²) in [5.41, 5.74) is 1.13. The molecule has 0 radical (unpaired) electrons. The lowest BCUT2D eigenvalue weighted by Crippen LogP contribution is -2.02. The van der Waals surface area contributed by atoms with Crippen LogP contribution in [-0.2, 0) is 12.4 Å². The molecule has 0 amide bonds. The van der Waals surface area contributed by atoms with E-state index in [4.69, 9.17) is 16.3 Å². The van der Waals surface area contributed by atoms with Gasteiger partial charge in [-0.05, 0) is 17.7 Å². The van der Waals surface area contributed by atoms with Gasteiger partial charge >= 0.3 is 0 Å². The molecule has 2 rings (SSSR count). The molecule has 4 nitrogen and oxygen atoms in total. The highest BCUT2D eigenvalue weighted by molar-refractivity contribution is 6.16. The molecule has 0 aliphatic heterocycles. The van der Waals surface area contributed by atoms with E-state index in [1.807, 2.05) is 28.8 Å². The Labute approximate surface area is 98.8 Å². The summed E-state index contributed by atoms with van der Waals surface area (Å²) in [7, 11) is 1.65. The van der Waals surface area contributed by atoms with Crippen molar-refractivity contribution in [3.05, 3.63) is 42.0 Å². The molecule has 84 valence electrons. The molecular weight excluding hydrogens is 226 g/mol. The van der Waals surface area contributed by atoms with Crippen LogP contribution in [0.5, 0.6) is 5.75 Å². The zero-order valence-electron chi connectivity index (χ0n) is 8.93. The Kier molecular flexibility index (Phi) is 3.41. The average molecular weight is 238 g/mol. The first-order valence-corrected chi connectivity index (χ1v) is 5.42. The molecule has 0 unspecified atom stereocenters. The summed E-state index contributed by atoms with van der Waals surface area (Å²) in [5, 5.41) is 7.75. The van der Waals surface area contributed by atoms with Gasteiger partial charge in [-0.1, -0.05) is 12.1 Å². The van der Waals surface area contributed by atoms with E-state index < -0.39 is 0 Å². The van der Waals surface area contributed by atoms with Gasteiger partial charge in [-0.3, -0.25) is 0 Å². The lowest BCUT2D eigenvalue weighted by molar-refractivity contribution is 0.414. The van der Waals surface area contributed by atoms with Gasteiger partial charge in [-0.2, -0.15) is 0 Å². The van der Waals surface area contributed by atoms with Crippen LogP contribution in [-0.4, -0.2) is 21.9 Å². The minimum atomic E-state index is 0.365. The normalized spacial score (nSPS) is 10.4. The van der Waals surface area contributed by atoms with Crippen molar-refractivity contribution in [3.63, 3.8) is 0 Å². The van der Waals surface area contributed by atoms with Crippen LogP contribution >= 0.6 is 11.6 Å². The van der Waals surface area contributed by atoms with Crippen molar-refractivity contribution in [2.75, 3.05) is 7.11 Å². The van der Waals surface area contributed by atoms with Crippen LogP contribution in [0.2, 0.25) is 0 Å². The smallest absolute Gasteiger partial charge is 0.148 e. The summed E-state index contributed by atoms with van der Waals surface area (Å²) in [5.74, 6) is 1.98. The van der Waals surface area contributed by atoms with E-state index in [0.717, 1.165) is 17.1 Å². The molecule has 0 aliphatic carbocycles. The van der Waals surface area contributed by atoms with Gasteiger partial charge in [0.15, 0.2) is 0 Å². The molecule has 0 fully saturated rings. The van der Waals surface area contributed by atoms with Gasteiger partial charge in [0, 0.05) is 0 Å². The van der Waals surface area contributed by atoms with E-state index in [1.165, 1.54) is 0 Å². The SMILES string of the molecule is COc1cccc(Cn2cnnc2CCl)c1. The first-order valence-electron chi connectivity index (χ1n) is 4.89. The van der Waals surface area contributed by atoms with Crippen molar-refractivity contribution < 1.29 is 4.74 Å². The second-order valence-corrected chi connectivity index (χ2v) is 3.63. The summed E-state index contributed by atoms with van der Waals surface area (Å²) >= 11 is 5.75. The first kappa shape index (κ1) is 11.0. The van der Waals surface area contributed by atoms with Crippen LogP contribution < -0.4 is 4.74 Å². The Morgan fingerprint density at radius 1 is 1.44 bits per heavy atom. The summed E-state index contributed by atoms with van der Waals surface area (Å²) < 4.78 is 7.08. The lowest BCUT2D eigenvalue weighted by atomic mass is 10.2. The molecule has 0 saturated carbocycles. The van der Waals surface area contributed by atoms with Gasteiger partial charge in [0.1, 0.15) is 17.9 Å². The molecule has 16 heavy (non-hydrogen) atoms. The van der Waals surface area contributed by atoms with Crippen LogP contribution in [0.1, 0.15) is 11.4 Å². The molecule has 1 aromatic carbocycles. The Balaban J connectivity index is 2.20. The summed E-state index contributed by atoms with van der Waals surface area (Å²) in [6.45, 7) is 0.701. The summed E-state index contributed by atoms with van der Waals surface area (Å²) in [4.78, 5) is 0. The number of ether oxygens (including phenoxy) is 1. The fourth-order valence-electron chi connectivity index (χ4n) is 1.48. The third kappa shape index (κ3) is 2.33. The maximum atomic E-state index is 5.75. The van der Waals surface area contributed by atoms with Crippen molar-refractivity contribution in [2.24, 2.45) is 0 Å². The Bertz CT molecular complexity index is 470. The number of halogens is 1. The van der Waals surface area contributed by atoms with Crippen molar-refractivity contribution in [1.29, 1.82) is 0 Å². The number of benzene rings is 1. The molecule has 0 bridgehead atoms.